The lowest BCUT2D eigenvalue weighted by Gasteiger charge is -2.12. The third kappa shape index (κ3) is 4.15. The van der Waals surface area contributed by atoms with Crippen LogP contribution in [0.15, 0.2) is 42.5 Å². The van der Waals surface area contributed by atoms with E-state index in [1.807, 2.05) is 24.3 Å². The van der Waals surface area contributed by atoms with Crippen molar-refractivity contribution in [3.05, 3.63) is 53.6 Å². The lowest BCUT2D eigenvalue weighted by molar-refractivity contribution is 0.398. The summed E-state index contributed by atoms with van der Waals surface area (Å²) in [4.78, 5) is 0. The third-order valence-corrected chi connectivity index (χ3v) is 3.34. The molecule has 4 heteroatoms. The summed E-state index contributed by atoms with van der Waals surface area (Å²) in [6, 6.07) is 11.9. The molecule has 0 unspecified atom stereocenters. The summed E-state index contributed by atoms with van der Waals surface area (Å²) in [5, 5.41) is 3.25. The molecule has 0 fully saturated rings. The highest BCUT2D eigenvalue weighted by Gasteiger charge is 2.05. The highest BCUT2D eigenvalue weighted by Crippen LogP contribution is 2.24. The highest BCUT2D eigenvalue weighted by molar-refractivity contribution is 5.40. The maximum atomic E-state index is 7.29. The molecule has 0 saturated carbocycles. The van der Waals surface area contributed by atoms with Gasteiger partial charge in [-0.05, 0) is 42.8 Å². The van der Waals surface area contributed by atoms with E-state index in [4.69, 9.17) is 22.4 Å². The van der Waals surface area contributed by atoms with Gasteiger partial charge in [0.1, 0.15) is 17.2 Å². The average Bonchev–Trinajstić information content (AvgIpc) is 2.58. The molecule has 0 radical (unpaired) electrons. The fourth-order valence-corrected chi connectivity index (χ4v) is 2.21. The van der Waals surface area contributed by atoms with Crippen molar-refractivity contribution in [2.24, 2.45) is 0 Å². The van der Waals surface area contributed by atoms with Gasteiger partial charge in [-0.1, -0.05) is 18.2 Å². The van der Waals surface area contributed by atoms with Crippen LogP contribution >= 0.6 is 0 Å². The van der Waals surface area contributed by atoms with Gasteiger partial charge in [0, 0.05) is 12.1 Å². The normalized spacial score (nSPS) is 15.5. The standard InChI is InChI=1S/C18H23NO3/c1-20-16-8-9-18(22-3)14(12-16)10-11-19-13-15-6-4-5-7-17(15)21-2/h4-9,12,19H,10-11,13H2,1-3H3/i1D3,3D3. The summed E-state index contributed by atoms with van der Waals surface area (Å²) < 4.78 is 58.7. The molecule has 0 heterocycles. The minimum Gasteiger partial charge on any atom is -0.497 e. The van der Waals surface area contributed by atoms with Crippen LogP contribution in [-0.2, 0) is 13.0 Å². The molecular weight excluding hydrogens is 278 g/mol. The first-order valence-electron chi connectivity index (χ1n) is 9.91. The quantitative estimate of drug-likeness (QED) is 0.761. The molecule has 118 valence electrons. The van der Waals surface area contributed by atoms with E-state index in [9.17, 15) is 0 Å². The number of rotatable bonds is 8. The predicted molar refractivity (Wildman–Crippen MR) is 88.0 cm³/mol. The molecule has 0 spiro atoms. The first-order valence-corrected chi connectivity index (χ1v) is 6.91. The van der Waals surface area contributed by atoms with E-state index in [0.29, 0.717) is 25.1 Å². The fourth-order valence-electron chi connectivity index (χ4n) is 2.21. The van der Waals surface area contributed by atoms with Gasteiger partial charge in [0.25, 0.3) is 0 Å². The summed E-state index contributed by atoms with van der Waals surface area (Å²) in [6.45, 7) is 1.07. The summed E-state index contributed by atoms with van der Waals surface area (Å²) in [7, 11) is -3.59. The Morgan fingerprint density at radius 3 is 2.59 bits per heavy atom. The summed E-state index contributed by atoms with van der Waals surface area (Å²) in [5.74, 6) is 1.06. The van der Waals surface area contributed by atoms with Crippen LogP contribution in [0.2, 0.25) is 0 Å². The van der Waals surface area contributed by atoms with E-state index in [-0.39, 0.29) is 11.5 Å². The van der Waals surface area contributed by atoms with Gasteiger partial charge >= 0.3 is 0 Å². The van der Waals surface area contributed by atoms with E-state index < -0.39 is 14.1 Å². The zero-order valence-corrected chi connectivity index (χ0v) is 12.4. The Hall–Kier alpha value is -2.20. The number of para-hydroxylation sites is 1. The topological polar surface area (TPSA) is 39.7 Å². The molecule has 2 aromatic rings. The van der Waals surface area contributed by atoms with E-state index >= 15 is 0 Å². The second-order valence-corrected chi connectivity index (χ2v) is 4.71. The molecule has 0 bridgehead atoms. The Bertz CT molecular complexity index is 777. The first kappa shape index (κ1) is 9.74. The molecule has 2 rings (SSSR count). The van der Waals surface area contributed by atoms with Crippen molar-refractivity contribution in [2.75, 3.05) is 27.7 Å². The van der Waals surface area contributed by atoms with Crippen LogP contribution in [0.5, 0.6) is 17.2 Å². The molecule has 0 aliphatic carbocycles. The predicted octanol–water partition coefficient (Wildman–Crippen LogP) is 3.04. The maximum Gasteiger partial charge on any atom is 0.123 e. The van der Waals surface area contributed by atoms with Crippen LogP contribution in [0.1, 0.15) is 19.4 Å². The van der Waals surface area contributed by atoms with Gasteiger partial charge in [0.15, 0.2) is 0 Å². The Morgan fingerprint density at radius 1 is 0.955 bits per heavy atom. The van der Waals surface area contributed by atoms with Crippen molar-refractivity contribution >= 4 is 0 Å². The van der Waals surface area contributed by atoms with Gasteiger partial charge in [-0.15, -0.1) is 0 Å². The van der Waals surface area contributed by atoms with E-state index in [1.54, 1.807) is 7.11 Å². The fraction of sp³-hybridized carbons (Fsp3) is 0.333. The molecule has 0 atom stereocenters. The van der Waals surface area contributed by atoms with Crippen LogP contribution in [0.25, 0.3) is 0 Å². The van der Waals surface area contributed by atoms with Crippen LogP contribution in [0, 0.1) is 0 Å². The van der Waals surface area contributed by atoms with Gasteiger partial charge < -0.3 is 19.5 Å². The van der Waals surface area contributed by atoms with E-state index in [0.717, 1.165) is 11.3 Å². The zero-order valence-electron chi connectivity index (χ0n) is 18.4. The van der Waals surface area contributed by atoms with Crippen molar-refractivity contribution < 1.29 is 22.4 Å². The molecule has 22 heavy (non-hydrogen) atoms. The lowest BCUT2D eigenvalue weighted by atomic mass is 10.1. The Balaban J connectivity index is 2.07. The second kappa shape index (κ2) is 8.29. The van der Waals surface area contributed by atoms with E-state index in [2.05, 4.69) is 5.32 Å². The maximum absolute atomic E-state index is 7.29. The van der Waals surface area contributed by atoms with Crippen molar-refractivity contribution in [3.63, 3.8) is 0 Å². The number of benzene rings is 2. The lowest BCUT2D eigenvalue weighted by Crippen LogP contribution is -2.17. The molecule has 0 aromatic heterocycles. The van der Waals surface area contributed by atoms with Crippen LogP contribution < -0.4 is 19.5 Å². The summed E-state index contributed by atoms with van der Waals surface area (Å²) in [5.41, 5.74) is 1.52. The van der Waals surface area contributed by atoms with Gasteiger partial charge in [-0.25, -0.2) is 0 Å². The minimum atomic E-state index is -2.61. The van der Waals surface area contributed by atoms with Gasteiger partial charge in [0.05, 0.1) is 29.4 Å². The average molecular weight is 307 g/mol. The molecule has 0 saturated heterocycles. The summed E-state index contributed by atoms with van der Waals surface area (Å²) in [6.07, 6.45) is 0.415. The van der Waals surface area contributed by atoms with Crippen molar-refractivity contribution in [3.8, 4) is 17.2 Å². The molecule has 1 N–H and O–H groups in total. The van der Waals surface area contributed by atoms with Crippen LogP contribution in [0.3, 0.4) is 0 Å². The molecular formula is C18H23NO3. The molecule has 0 aliphatic heterocycles. The van der Waals surface area contributed by atoms with Crippen LogP contribution in [-0.4, -0.2) is 27.7 Å². The largest absolute Gasteiger partial charge is 0.497 e. The van der Waals surface area contributed by atoms with Crippen molar-refractivity contribution in [2.45, 2.75) is 13.0 Å². The van der Waals surface area contributed by atoms with Crippen molar-refractivity contribution in [1.82, 2.24) is 5.32 Å². The first-order chi connectivity index (χ1) is 13.1. The Labute approximate surface area is 140 Å². The van der Waals surface area contributed by atoms with Crippen molar-refractivity contribution in [1.29, 1.82) is 0 Å². The number of hydrogen-bond donors (Lipinski definition) is 1. The molecule has 0 aliphatic rings. The minimum absolute atomic E-state index is 0.123. The Morgan fingerprint density at radius 2 is 1.77 bits per heavy atom. The number of methoxy groups -OCH3 is 3. The molecule has 2 aromatic carbocycles. The van der Waals surface area contributed by atoms with Gasteiger partial charge in [-0.3, -0.25) is 0 Å². The number of ether oxygens (including phenoxy) is 3. The SMILES string of the molecule is [2H]C([2H])([2H])Oc1ccc(OC([2H])([2H])[2H])c(CCNCc2ccccc2OC)c1. The highest BCUT2D eigenvalue weighted by atomic mass is 16.5. The van der Waals surface area contributed by atoms with E-state index in [1.165, 1.54) is 18.2 Å². The van der Waals surface area contributed by atoms with Crippen LogP contribution in [0.4, 0.5) is 0 Å². The smallest absolute Gasteiger partial charge is 0.123 e. The zero-order chi connectivity index (χ0) is 20.8. The Kier molecular flexibility index (Phi) is 3.67. The number of hydrogen-bond acceptors (Lipinski definition) is 4. The van der Waals surface area contributed by atoms with Gasteiger partial charge in [-0.2, -0.15) is 0 Å². The second-order valence-electron chi connectivity index (χ2n) is 4.71. The molecule has 0 amide bonds. The number of nitrogens with one attached hydrogen (secondary N) is 1. The third-order valence-electron chi connectivity index (χ3n) is 3.34. The summed E-state index contributed by atoms with van der Waals surface area (Å²) >= 11 is 0. The molecule has 4 nitrogen and oxygen atoms in total. The van der Waals surface area contributed by atoms with Gasteiger partial charge in [0.2, 0.25) is 0 Å². The monoisotopic (exact) mass is 307 g/mol.